The van der Waals surface area contributed by atoms with Crippen LogP contribution in [0, 0.1) is 18.8 Å². The van der Waals surface area contributed by atoms with E-state index in [-0.39, 0.29) is 12.5 Å². The van der Waals surface area contributed by atoms with E-state index < -0.39 is 0 Å². The van der Waals surface area contributed by atoms with Gasteiger partial charge in [0.2, 0.25) is 0 Å². The Morgan fingerprint density at radius 2 is 2.38 bits per heavy atom. The number of nitrogens with zero attached hydrogens (tertiary/aromatic N) is 2. The minimum atomic E-state index is -0.178. The molecule has 2 aromatic rings. The van der Waals surface area contributed by atoms with E-state index in [1.807, 2.05) is 32.3 Å². The summed E-state index contributed by atoms with van der Waals surface area (Å²) in [6, 6.07) is 3.76. The lowest BCUT2D eigenvalue weighted by atomic mass is 10.2. The van der Waals surface area contributed by atoms with Crippen molar-refractivity contribution in [3.8, 4) is 11.8 Å². The van der Waals surface area contributed by atoms with Crippen LogP contribution < -0.4 is 5.32 Å². The van der Waals surface area contributed by atoms with Crippen LogP contribution in [-0.2, 0) is 13.5 Å². The summed E-state index contributed by atoms with van der Waals surface area (Å²) in [6.07, 6.45) is 2.58. The van der Waals surface area contributed by atoms with Gasteiger partial charge in [0.15, 0.2) is 0 Å². The van der Waals surface area contributed by atoms with Crippen molar-refractivity contribution in [3.63, 3.8) is 0 Å². The predicted molar refractivity (Wildman–Crippen MR) is 82.3 cm³/mol. The average Bonchev–Trinajstić information content (AvgIpc) is 3.03. The first kappa shape index (κ1) is 15.3. The van der Waals surface area contributed by atoms with Crippen molar-refractivity contribution in [2.24, 2.45) is 7.05 Å². The van der Waals surface area contributed by atoms with Gasteiger partial charge in [-0.1, -0.05) is 11.8 Å². The number of hydrogen-bond donors (Lipinski definition) is 2. The molecule has 1 amide bonds. The fourth-order valence-electron chi connectivity index (χ4n) is 1.83. The van der Waals surface area contributed by atoms with Gasteiger partial charge in [-0.3, -0.25) is 9.48 Å². The number of hydrogen-bond acceptors (Lipinski definition) is 4. The van der Waals surface area contributed by atoms with E-state index in [0.29, 0.717) is 17.8 Å². The number of aliphatic hydroxyl groups excluding tert-OH is 1. The Morgan fingerprint density at radius 3 is 3.05 bits per heavy atom. The van der Waals surface area contributed by atoms with Crippen LogP contribution in [-0.4, -0.2) is 33.9 Å². The maximum Gasteiger partial charge on any atom is 0.261 e. The third kappa shape index (κ3) is 4.18. The number of carbonyl (C=O) groups is 1. The summed E-state index contributed by atoms with van der Waals surface area (Å²) in [5.74, 6) is 5.35. The molecule has 0 atom stereocenters. The summed E-state index contributed by atoms with van der Waals surface area (Å²) >= 11 is 1.34. The number of nitrogens with one attached hydrogen (secondary N) is 1. The van der Waals surface area contributed by atoms with Gasteiger partial charge in [-0.25, -0.2) is 0 Å². The number of amides is 1. The Hall–Kier alpha value is -2.10. The summed E-state index contributed by atoms with van der Waals surface area (Å²) in [4.78, 5) is 13.5. The topological polar surface area (TPSA) is 67.2 Å². The molecule has 5 nitrogen and oxygen atoms in total. The SMILES string of the molecule is Cc1cc(C(=O)NCCc2ccn(C)n2)sc1C#CCO. The quantitative estimate of drug-likeness (QED) is 0.831. The van der Waals surface area contributed by atoms with E-state index in [4.69, 9.17) is 5.11 Å². The molecule has 0 fully saturated rings. The van der Waals surface area contributed by atoms with Gasteiger partial charge < -0.3 is 10.4 Å². The molecule has 2 rings (SSSR count). The molecule has 0 aromatic carbocycles. The lowest BCUT2D eigenvalue weighted by molar-refractivity contribution is 0.0958. The largest absolute Gasteiger partial charge is 0.384 e. The molecule has 0 bridgehead atoms. The summed E-state index contributed by atoms with van der Waals surface area (Å²) in [5.41, 5.74) is 1.91. The Labute approximate surface area is 127 Å². The molecule has 0 aliphatic heterocycles. The normalized spacial score (nSPS) is 10.0. The Kier molecular flexibility index (Phi) is 5.14. The van der Waals surface area contributed by atoms with Gasteiger partial charge in [-0.05, 0) is 24.6 Å². The summed E-state index contributed by atoms with van der Waals surface area (Å²) in [5, 5.41) is 15.8. The second kappa shape index (κ2) is 7.07. The van der Waals surface area contributed by atoms with Crippen molar-refractivity contribution in [2.45, 2.75) is 13.3 Å². The molecule has 110 valence electrons. The standard InChI is InChI=1S/C15H17N3O2S/c1-11-10-14(21-13(11)4-3-9-19)15(20)16-7-5-12-6-8-18(2)17-12/h6,8,10,19H,5,7,9H2,1-2H3,(H,16,20). The highest BCUT2D eigenvalue weighted by molar-refractivity contribution is 7.14. The first-order valence-electron chi connectivity index (χ1n) is 6.57. The van der Waals surface area contributed by atoms with Crippen LogP contribution in [0.2, 0.25) is 0 Å². The van der Waals surface area contributed by atoms with Crippen molar-refractivity contribution in [2.75, 3.05) is 13.2 Å². The number of aliphatic hydroxyl groups is 1. The van der Waals surface area contributed by atoms with Crippen LogP contribution in [0.3, 0.4) is 0 Å². The molecule has 2 aromatic heterocycles. The van der Waals surface area contributed by atoms with E-state index in [0.717, 1.165) is 16.1 Å². The summed E-state index contributed by atoms with van der Waals surface area (Å²) < 4.78 is 1.74. The van der Waals surface area contributed by atoms with Crippen molar-refractivity contribution in [3.05, 3.63) is 39.3 Å². The molecule has 0 spiro atoms. The number of rotatable bonds is 4. The highest BCUT2D eigenvalue weighted by Crippen LogP contribution is 2.20. The maximum absolute atomic E-state index is 12.1. The van der Waals surface area contributed by atoms with E-state index >= 15 is 0 Å². The third-order valence-corrected chi connectivity index (χ3v) is 4.01. The summed E-state index contributed by atoms with van der Waals surface area (Å²) in [6.45, 7) is 2.27. The van der Waals surface area contributed by atoms with Crippen molar-refractivity contribution in [1.82, 2.24) is 15.1 Å². The van der Waals surface area contributed by atoms with E-state index in [1.54, 1.807) is 4.68 Å². The molecule has 2 heterocycles. The minimum Gasteiger partial charge on any atom is -0.384 e. The van der Waals surface area contributed by atoms with Gasteiger partial charge in [0.1, 0.15) is 6.61 Å². The van der Waals surface area contributed by atoms with Crippen LogP contribution in [0.15, 0.2) is 18.3 Å². The molecule has 0 aliphatic carbocycles. The zero-order chi connectivity index (χ0) is 15.2. The zero-order valence-electron chi connectivity index (χ0n) is 12.0. The molecule has 0 saturated carbocycles. The Bertz CT molecular complexity index is 691. The van der Waals surface area contributed by atoms with Crippen LogP contribution >= 0.6 is 11.3 Å². The molecule has 0 saturated heterocycles. The van der Waals surface area contributed by atoms with Crippen LogP contribution in [0.25, 0.3) is 0 Å². The van der Waals surface area contributed by atoms with Gasteiger partial charge in [0.25, 0.3) is 5.91 Å². The zero-order valence-corrected chi connectivity index (χ0v) is 12.8. The van der Waals surface area contributed by atoms with Crippen molar-refractivity contribution in [1.29, 1.82) is 0 Å². The first-order valence-corrected chi connectivity index (χ1v) is 7.38. The number of aromatic nitrogens is 2. The summed E-state index contributed by atoms with van der Waals surface area (Å²) in [7, 11) is 1.87. The van der Waals surface area contributed by atoms with Gasteiger partial charge in [-0.2, -0.15) is 5.10 Å². The average molecular weight is 303 g/mol. The van der Waals surface area contributed by atoms with Crippen molar-refractivity contribution >= 4 is 17.2 Å². The lowest BCUT2D eigenvalue weighted by Gasteiger charge is -2.01. The third-order valence-electron chi connectivity index (χ3n) is 2.86. The fraction of sp³-hybridized carbons (Fsp3) is 0.333. The van der Waals surface area contributed by atoms with Gasteiger partial charge in [0.05, 0.1) is 15.4 Å². The molecule has 21 heavy (non-hydrogen) atoms. The fourth-order valence-corrected chi connectivity index (χ4v) is 2.79. The monoisotopic (exact) mass is 303 g/mol. The van der Waals surface area contributed by atoms with Crippen LogP contribution in [0.4, 0.5) is 0 Å². The molecular formula is C15H17N3O2S. The van der Waals surface area contributed by atoms with Gasteiger partial charge >= 0.3 is 0 Å². The Balaban J connectivity index is 1.91. The highest BCUT2D eigenvalue weighted by atomic mass is 32.1. The predicted octanol–water partition coefficient (Wildman–Crippen LogP) is 1.11. The number of thiophene rings is 1. The Morgan fingerprint density at radius 1 is 1.57 bits per heavy atom. The van der Waals surface area contributed by atoms with E-state index in [1.165, 1.54) is 11.3 Å². The van der Waals surface area contributed by atoms with Crippen LogP contribution in [0.5, 0.6) is 0 Å². The highest BCUT2D eigenvalue weighted by Gasteiger charge is 2.11. The van der Waals surface area contributed by atoms with E-state index in [2.05, 4.69) is 22.3 Å². The second-order valence-corrected chi connectivity index (χ2v) is 5.62. The molecule has 0 aliphatic rings. The smallest absolute Gasteiger partial charge is 0.261 e. The molecular weight excluding hydrogens is 286 g/mol. The molecule has 6 heteroatoms. The second-order valence-electron chi connectivity index (χ2n) is 4.57. The molecule has 2 N–H and O–H groups in total. The lowest BCUT2D eigenvalue weighted by Crippen LogP contribution is -2.25. The first-order chi connectivity index (χ1) is 10.1. The number of carbonyl (C=O) groups excluding carboxylic acids is 1. The molecule has 0 unspecified atom stereocenters. The number of aryl methyl sites for hydroxylation is 2. The van der Waals surface area contributed by atoms with Gasteiger partial charge in [-0.15, -0.1) is 11.3 Å². The van der Waals surface area contributed by atoms with Crippen molar-refractivity contribution < 1.29 is 9.90 Å². The molecule has 0 radical (unpaired) electrons. The maximum atomic E-state index is 12.1. The van der Waals surface area contributed by atoms with E-state index in [9.17, 15) is 4.79 Å². The minimum absolute atomic E-state index is 0.101. The van der Waals surface area contributed by atoms with Gasteiger partial charge in [0, 0.05) is 26.2 Å². The van der Waals surface area contributed by atoms with Crippen LogP contribution in [0.1, 0.15) is 25.8 Å².